The van der Waals surface area contributed by atoms with Gasteiger partial charge in [0.1, 0.15) is 0 Å². The highest BCUT2D eigenvalue weighted by Crippen LogP contribution is 2.45. The Balaban J connectivity index is 2.52. The van der Waals surface area contributed by atoms with Crippen molar-refractivity contribution in [3.8, 4) is 0 Å². The molecular formula is C11H9BrClFO2. The molecule has 1 aromatic carbocycles. The summed E-state index contributed by atoms with van der Waals surface area (Å²) in [4.78, 5) is 11.3. The van der Waals surface area contributed by atoms with Crippen molar-refractivity contribution in [2.45, 2.75) is 24.7 Å². The lowest BCUT2D eigenvalue weighted by Gasteiger charge is -2.38. The summed E-state index contributed by atoms with van der Waals surface area (Å²) in [6, 6.07) is 2.92. The van der Waals surface area contributed by atoms with Gasteiger partial charge in [-0.15, -0.1) is 0 Å². The second-order valence-electron chi connectivity index (χ2n) is 3.99. The molecule has 0 aliphatic heterocycles. The van der Waals surface area contributed by atoms with Gasteiger partial charge in [-0.1, -0.05) is 18.0 Å². The maximum Gasteiger partial charge on any atom is 0.314 e. The van der Waals surface area contributed by atoms with Gasteiger partial charge < -0.3 is 5.11 Å². The molecule has 2 rings (SSSR count). The summed E-state index contributed by atoms with van der Waals surface area (Å²) in [7, 11) is 0. The summed E-state index contributed by atoms with van der Waals surface area (Å²) in [5.74, 6) is -1.42. The molecule has 86 valence electrons. The Bertz CT molecular complexity index is 434. The molecule has 1 aliphatic carbocycles. The fourth-order valence-corrected chi connectivity index (χ4v) is 2.78. The minimum Gasteiger partial charge on any atom is -0.481 e. The fourth-order valence-electron chi connectivity index (χ4n) is 1.99. The van der Waals surface area contributed by atoms with Gasteiger partial charge in [-0.25, -0.2) is 4.39 Å². The topological polar surface area (TPSA) is 37.3 Å². The average Bonchev–Trinajstić information content (AvgIpc) is 2.11. The Labute approximate surface area is 106 Å². The number of carbonyl (C=O) groups is 1. The third-order valence-electron chi connectivity index (χ3n) is 3.15. The summed E-state index contributed by atoms with van der Waals surface area (Å²) in [5.41, 5.74) is -0.302. The average molecular weight is 308 g/mol. The molecule has 0 saturated heterocycles. The minimum absolute atomic E-state index is 0.0445. The van der Waals surface area contributed by atoms with Gasteiger partial charge in [0.15, 0.2) is 5.82 Å². The van der Waals surface area contributed by atoms with Crippen LogP contribution in [0.2, 0.25) is 5.02 Å². The highest BCUT2D eigenvalue weighted by molar-refractivity contribution is 9.10. The van der Waals surface area contributed by atoms with E-state index in [1.165, 1.54) is 12.1 Å². The lowest BCUT2D eigenvalue weighted by Crippen LogP contribution is -2.42. The van der Waals surface area contributed by atoms with Crippen LogP contribution in [0.3, 0.4) is 0 Å². The van der Waals surface area contributed by atoms with E-state index in [0.717, 1.165) is 6.42 Å². The summed E-state index contributed by atoms with van der Waals surface area (Å²) < 4.78 is 13.5. The van der Waals surface area contributed by atoms with Crippen LogP contribution in [-0.2, 0) is 10.2 Å². The molecule has 0 amide bonds. The van der Waals surface area contributed by atoms with Crippen LogP contribution in [-0.4, -0.2) is 11.1 Å². The standard InChI is InChI=1S/C11H9BrClFO2/c12-7-4-6(5-8(13)9(7)14)11(10(15)16)2-1-3-11/h4-5H,1-3H2,(H,15,16). The number of aliphatic carboxylic acids is 1. The van der Waals surface area contributed by atoms with Crippen molar-refractivity contribution in [2.75, 3.05) is 0 Å². The van der Waals surface area contributed by atoms with E-state index in [1.54, 1.807) is 0 Å². The molecule has 0 radical (unpaired) electrons. The molecule has 0 unspecified atom stereocenters. The first kappa shape index (κ1) is 11.9. The first-order valence-corrected chi connectivity index (χ1v) is 6.03. The highest BCUT2D eigenvalue weighted by Gasteiger charge is 2.46. The smallest absolute Gasteiger partial charge is 0.314 e. The van der Waals surface area contributed by atoms with Crippen LogP contribution in [0.15, 0.2) is 16.6 Å². The van der Waals surface area contributed by atoms with Crippen LogP contribution in [0.4, 0.5) is 4.39 Å². The Morgan fingerprint density at radius 1 is 1.50 bits per heavy atom. The van der Waals surface area contributed by atoms with Gasteiger partial charge in [0.05, 0.1) is 14.9 Å². The highest BCUT2D eigenvalue weighted by atomic mass is 79.9. The van der Waals surface area contributed by atoms with E-state index in [-0.39, 0.29) is 9.50 Å². The number of carboxylic acids is 1. The zero-order valence-corrected chi connectivity index (χ0v) is 10.6. The quantitative estimate of drug-likeness (QED) is 0.845. The Morgan fingerprint density at radius 3 is 2.50 bits per heavy atom. The van der Waals surface area contributed by atoms with Crippen molar-refractivity contribution >= 4 is 33.5 Å². The molecule has 0 spiro atoms. The third-order valence-corrected chi connectivity index (χ3v) is 4.00. The van der Waals surface area contributed by atoms with Gasteiger partial charge in [-0.2, -0.15) is 0 Å². The number of hydrogen-bond acceptors (Lipinski definition) is 1. The van der Waals surface area contributed by atoms with Crippen LogP contribution in [0.5, 0.6) is 0 Å². The molecular weight excluding hydrogens is 298 g/mol. The van der Waals surface area contributed by atoms with Gasteiger partial charge >= 0.3 is 5.97 Å². The summed E-state index contributed by atoms with van der Waals surface area (Å²) in [6.45, 7) is 0. The Kier molecular flexibility index (Phi) is 2.97. The van der Waals surface area contributed by atoms with E-state index < -0.39 is 17.2 Å². The van der Waals surface area contributed by atoms with Gasteiger partial charge in [-0.05, 0) is 46.5 Å². The summed E-state index contributed by atoms with van der Waals surface area (Å²) in [5, 5.41) is 9.19. The molecule has 1 aromatic rings. The van der Waals surface area contributed by atoms with Gasteiger partial charge in [-0.3, -0.25) is 4.79 Å². The fraction of sp³-hybridized carbons (Fsp3) is 0.364. The van der Waals surface area contributed by atoms with Crippen molar-refractivity contribution < 1.29 is 14.3 Å². The van der Waals surface area contributed by atoms with Crippen molar-refractivity contribution in [2.24, 2.45) is 0 Å². The van der Waals surface area contributed by atoms with Gasteiger partial charge in [0.2, 0.25) is 0 Å². The molecule has 16 heavy (non-hydrogen) atoms. The minimum atomic E-state index is -0.875. The molecule has 1 saturated carbocycles. The van der Waals surface area contributed by atoms with E-state index in [1.807, 2.05) is 0 Å². The van der Waals surface area contributed by atoms with Crippen molar-refractivity contribution in [1.82, 2.24) is 0 Å². The first-order valence-electron chi connectivity index (χ1n) is 4.86. The normalized spacial score (nSPS) is 17.9. The SMILES string of the molecule is O=C(O)C1(c2cc(Cl)c(F)c(Br)c2)CCC1. The molecule has 5 heteroatoms. The second kappa shape index (κ2) is 4.00. The molecule has 1 fully saturated rings. The monoisotopic (exact) mass is 306 g/mol. The van der Waals surface area contributed by atoms with Crippen molar-refractivity contribution in [3.63, 3.8) is 0 Å². The zero-order valence-electron chi connectivity index (χ0n) is 8.27. The predicted octanol–water partition coefficient (Wildman–Crippen LogP) is 3.75. The molecule has 2 nitrogen and oxygen atoms in total. The Hall–Kier alpha value is -0.610. The lowest BCUT2D eigenvalue weighted by atomic mass is 9.64. The van der Waals surface area contributed by atoms with E-state index in [0.29, 0.717) is 18.4 Å². The van der Waals surface area contributed by atoms with E-state index in [9.17, 15) is 14.3 Å². The van der Waals surface area contributed by atoms with Crippen molar-refractivity contribution in [3.05, 3.63) is 33.0 Å². The van der Waals surface area contributed by atoms with Crippen LogP contribution < -0.4 is 0 Å². The van der Waals surface area contributed by atoms with Crippen LogP contribution in [0, 0.1) is 5.82 Å². The largest absolute Gasteiger partial charge is 0.481 e. The maximum atomic E-state index is 13.3. The van der Waals surface area contributed by atoms with E-state index >= 15 is 0 Å². The number of hydrogen-bond donors (Lipinski definition) is 1. The predicted molar refractivity (Wildman–Crippen MR) is 62.3 cm³/mol. The molecule has 0 atom stereocenters. The lowest BCUT2D eigenvalue weighted by molar-refractivity contribution is -0.147. The van der Waals surface area contributed by atoms with Crippen LogP contribution >= 0.6 is 27.5 Å². The van der Waals surface area contributed by atoms with Gasteiger partial charge in [0, 0.05) is 0 Å². The van der Waals surface area contributed by atoms with E-state index in [2.05, 4.69) is 15.9 Å². The number of rotatable bonds is 2. The second-order valence-corrected chi connectivity index (χ2v) is 5.26. The maximum absolute atomic E-state index is 13.3. The van der Waals surface area contributed by atoms with Crippen molar-refractivity contribution in [1.29, 1.82) is 0 Å². The number of halogens is 3. The molecule has 0 heterocycles. The zero-order chi connectivity index (χ0) is 11.9. The molecule has 1 N–H and O–H groups in total. The Morgan fingerprint density at radius 2 is 2.12 bits per heavy atom. The summed E-state index contributed by atoms with van der Waals surface area (Å²) in [6.07, 6.45) is 2.03. The van der Waals surface area contributed by atoms with Gasteiger partial charge in [0.25, 0.3) is 0 Å². The molecule has 1 aliphatic rings. The van der Waals surface area contributed by atoms with Crippen LogP contribution in [0.25, 0.3) is 0 Å². The van der Waals surface area contributed by atoms with Crippen LogP contribution in [0.1, 0.15) is 24.8 Å². The number of benzene rings is 1. The number of carboxylic acid groups (broad SMARTS) is 1. The van der Waals surface area contributed by atoms with E-state index in [4.69, 9.17) is 11.6 Å². The molecule has 0 bridgehead atoms. The summed E-state index contributed by atoms with van der Waals surface area (Å²) >= 11 is 8.75. The molecule has 0 aromatic heterocycles. The third kappa shape index (κ3) is 1.64. The first-order chi connectivity index (χ1) is 7.47.